The second-order valence-electron chi connectivity index (χ2n) is 4.05. The van der Waals surface area contributed by atoms with Gasteiger partial charge in [-0.15, -0.1) is 0 Å². The molecule has 0 saturated heterocycles. The van der Waals surface area contributed by atoms with Crippen LogP contribution in [-0.4, -0.2) is 54.0 Å². The molecule has 6 nitrogen and oxygen atoms in total. The van der Waals surface area contributed by atoms with E-state index in [9.17, 15) is 4.79 Å². The van der Waals surface area contributed by atoms with E-state index in [2.05, 4.69) is 9.97 Å². The minimum absolute atomic E-state index is 0. The van der Waals surface area contributed by atoms with E-state index >= 15 is 0 Å². The molecule has 1 N–H and O–H groups in total. The van der Waals surface area contributed by atoms with Gasteiger partial charge >= 0.3 is 5.97 Å². The number of aromatic carboxylic acids is 1. The van der Waals surface area contributed by atoms with Crippen LogP contribution >= 0.6 is 0 Å². The molecule has 0 aromatic carbocycles. The quantitative estimate of drug-likeness (QED) is 0.834. The van der Waals surface area contributed by atoms with Gasteiger partial charge in [0, 0.05) is 39.0 Å². The predicted molar refractivity (Wildman–Crippen MR) is 71.5 cm³/mol. The first-order valence-corrected chi connectivity index (χ1v) is 5.34. The first kappa shape index (κ1) is 15.3. The third-order valence-electron chi connectivity index (χ3n) is 2.33. The van der Waals surface area contributed by atoms with Gasteiger partial charge in [-0.1, -0.05) is 0 Å². The maximum atomic E-state index is 11.0. The summed E-state index contributed by atoms with van der Waals surface area (Å²) in [5, 5.41) is 9.03. The van der Waals surface area contributed by atoms with E-state index in [0.717, 1.165) is 5.76 Å². The monoisotopic (exact) mass is 254 g/mol. The first-order chi connectivity index (χ1) is 8.47. The third-order valence-corrected chi connectivity index (χ3v) is 2.33. The number of carboxylic acids is 1. The van der Waals surface area contributed by atoms with Gasteiger partial charge in [0.2, 0.25) is 5.95 Å². The summed E-state index contributed by atoms with van der Waals surface area (Å²) in [6.07, 6.45) is 0. The Bertz CT molecular complexity index is 596. The molecular formula is C12H13LiN3O3. The summed E-state index contributed by atoms with van der Waals surface area (Å²) in [4.78, 5) is 20.9. The fraction of sp³-hybridized carbons (Fsp3) is 0.250. The van der Waals surface area contributed by atoms with Crippen molar-refractivity contribution in [3.05, 3.63) is 29.7 Å². The van der Waals surface area contributed by atoms with Crippen LogP contribution in [0.2, 0.25) is 0 Å². The van der Waals surface area contributed by atoms with Gasteiger partial charge in [-0.2, -0.15) is 0 Å². The van der Waals surface area contributed by atoms with Crippen molar-refractivity contribution in [3.63, 3.8) is 0 Å². The van der Waals surface area contributed by atoms with Crippen LogP contribution in [0, 0.1) is 6.92 Å². The van der Waals surface area contributed by atoms with E-state index in [1.165, 1.54) is 6.07 Å². The first-order valence-electron chi connectivity index (χ1n) is 5.34. The summed E-state index contributed by atoms with van der Waals surface area (Å²) < 4.78 is 5.44. The molecule has 0 fully saturated rings. The van der Waals surface area contributed by atoms with E-state index in [-0.39, 0.29) is 24.6 Å². The number of rotatable bonds is 3. The molecule has 0 unspecified atom stereocenters. The number of aromatic nitrogens is 2. The van der Waals surface area contributed by atoms with E-state index in [1.807, 2.05) is 6.92 Å². The Labute approximate surface area is 122 Å². The zero-order valence-corrected chi connectivity index (χ0v) is 11.3. The van der Waals surface area contributed by atoms with Crippen LogP contribution in [0.25, 0.3) is 11.5 Å². The fourth-order valence-electron chi connectivity index (χ4n) is 1.44. The van der Waals surface area contributed by atoms with E-state index < -0.39 is 5.97 Å². The smallest absolute Gasteiger partial charge is 0.354 e. The topological polar surface area (TPSA) is 79.5 Å². The van der Waals surface area contributed by atoms with Crippen molar-refractivity contribution in [1.29, 1.82) is 0 Å². The molecule has 95 valence electrons. The van der Waals surface area contributed by atoms with Crippen LogP contribution < -0.4 is 4.90 Å². The van der Waals surface area contributed by atoms with Gasteiger partial charge < -0.3 is 14.4 Å². The number of carbonyl (C=O) groups is 1. The summed E-state index contributed by atoms with van der Waals surface area (Å²) in [5.41, 5.74) is 0.400. The van der Waals surface area contributed by atoms with Crippen molar-refractivity contribution in [3.8, 4) is 11.5 Å². The molecule has 2 rings (SSSR count). The fourth-order valence-corrected chi connectivity index (χ4v) is 1.44. The van der Waals surface area contributed by atoms with E-state index in [0.29, 0.717) is 17.4 Å². The van der Waals surface area contributed by atoms with Gasteiger partial charge in [0.15, 0.2) is 11.5 Å². The van der Waals surface area contributed by atoms with Gasteiger partial charge in [-0.3, -0.25) is 0 Å². The zero-order chi connectivity index (χ0) is 13.3. The third kappa shape index (κ3) is 3.37. The van der Waals surface area contributed by atoms with Crippen molar-refractivity contribution in [2.24, 2.45) is 0 Å². The molecule has 0 aliphatic rings. The number of carboxylic acid groups (broad SMARTS) is 1. The molecule has 1 radical (unpaired) electrons. The normalized spacial score (nSPS) is 9.84. The van der Waals surface area contributed by atoms with Crippen molar-refractivity contribution in [1.82, 2.24) is 9.97 Å². The molecule has 0 aliphatic carbocycles. The summed E-state index contributed by atoms with van der Waals surface area (Å²) in [6.45, 7) is 1.82. The SMILES string of the molecule is Cc1ccc(-c2cc(C(=O)O)nc(N(C)C)n2)o1.[Li]. The second kappa shape index (κ2) is 5.91. The van der Waals surface area contributed by atoms with Crippen molar-refractivity contribution >= 4 is 30.8 Å². The van der Waals surface area contributed by atoms with E-state index in [4.69, 9.17) is 9.52 Å². The van der Waals surface area contributed by atoms with Gasteiger partial charge in [-0.25, -0.2) is 14.8 Å². The molecule has 7 heteroatoms. The van der Waals surface area contributed by atoms with Crippen LogP contribution in [0.1, 0.15) is 16.2 Å². The van der Waals surface area contributed by atoms with Crippen molar-refractivity contribution in [2.75, 3.05) is 19.0 Å². The molecule has 0 bridgehead atoms. The molecule has 2 aromatic heterocycles. The Morgan fingerprint density at radius 1 is 1.32 bits per heavy atom. The average Bonchev–Trinajstić information content (AvgIpc) is 2.75. The Morgan fingerprint density at radius 3 is 2.47 bits per heavy atom. The standard InChI is InChI=1S/C12H13N3O3.Li/c1-7-4-5-10(18-7)8-6-9(11(16)17)14-12(13-8)15(2)3;/h4-6H,1-3H3,(H,16,17);. The molecule has 0 amide bonds. The number of furan rings is 1. The van der Waals surface area contributed by atoms with Crippen LogP contribution in [0.4, 0.5) is 5.95 Å². The maximum absolute atomic E-state index is 11.0. The molecule has 2 heterocycles. The maximum Gasteiger partial charge on any atom is 0.354 e. The molecule has 0 spiro atoms. The average molecular weight is 254 g/mol. The Balaban J connectivity index is 0.00000180. The number of anilines is 1. The number of nitrogens with zero attached hydrogens (tertiary/aromatic N) is 3. The van der Waals surface area contributed by atoms with E-state index in [1.54, 1.807) is 31.1 Å². The predicted octanol–water partition coefficient (Wildman–Crippen LogP) is 1.43. The van der Waals surface area contributed by atoms with Crippen molar-refractivity contribution < 1.29 is 14.3 Å². The van der Waals surface area contributed by atoms with Gasteiger partial charge in [-0.05, 0) is 19.1 Å². The molecule has 0 saturated carbocycles. The molecule has 0 aliphatic heterocycles. The minimum Gasteiger partial charge on any atom is -0.477 e. The minimum atomic E-state index is -1.09. The zero-order valence-electron chi connectivity index (χ0n) is 11.3. The second-order valence-corrected chi connectivity index (χ2v) is 4.05. The number of hydrogen-bond acceptors (Lipinski definition) is 5. The van der Waals surface area contributed by atoms with Gasteiger partial charge in [0.05, 0.1) is 0 Å². The van der Waals surface area contributed by atoms with Crippen LogP contribution in [0.15, 0.2) is 22.6 Å². The summed E-state index contributed by atoms with van der Waals surface area (Å²) in [7, 11) is 3.50. The Kier molecular flexibility index (Phi) is 4.76. The summed E-state index contributed by atoms with van der Waals surface area (Å²) >= 11 is 0. The van der Waals surface area contributed by atoms with Gasteiger partial charge in [0.25, 0.3) is 0 Å². The van der Waals surface area contributed by atoms with Gasteiger partial charge in [0.1, 0.15) is 11.5 Å². The van der Waals surface area contributed by atoms with Crippen LogP contribution in [0.3, 0.4) is 0 Å². The molecule has 19 heavy (non-hydrogen) atoms. The largest absolute Gasteiger partial charge is 0.477 e. The number of hydrogen-bond donors (Lipinski definition) is 1. The van der Waals surface area contributed by atoms with Crippen molar-refractivity contribution in [2.45, 2.75) is 6.92 Å². The Morgan fingerprint density at radius 2 is 2.00 bits per heavy atom. The molecule has 0 atom stereocenters. The molecule has 2 aromatic rings. The summed E-state index contributed by atoms with van der Waals surface area (Å²) in [6, 6.07) is 4.95. The number of aryl methyl sites for hydroxylation is 1. The summed E-state index contributed by atoms with van der Waals surface area (Å²) in [5.74, 6) is 0.511. The van der Waals surface area contributed by atoms with Crippen LogP contribution in [0.5, 0.6) is 0 Å². The molecular weight excluding hydrogens is 241 g/mol. The Hall–Kier alpha value is -1.77. The van der Waals surface area contributed by atoms with Crippen LogP contribution in [-0.2, 0) is 0 Å².